The number of nitrogens with one attached hydrogen (secondary N) is 1. The number of pyridine rings is 2. The van der Waals surface area contributed by atoms with Gasteiger partial charge in [-0.3, -0.25) is 9.97 Å². The lowest BCUT2D eigenvalue weighted by atomic mass is 10.0. The zero-order valence-electron chi connectivity index (χ0n) is 17.4. The first-order valence-electron chi connectivity index (χ1n) is 10.3. The van der Waals surface area contributed by atoms with Gasteiger partial charge in [-0.2, -0.15) is 0 Å². The van der Waals surface area contributed by atoms with Crippen LogP contribution in [-0.4, -0.2) is 20.0 Å². The van der Waals surface area contributed by atoms with Crippen LogP contribution >= 0.6 is 23.8 Å². The first kappa shape index (κ1) is 20.7. The Bertz CT molecular complexity index is 1250. The molecule has 7 heteroatoms. The van der Waals surface area contributed by atoms with E-state index in [9.17, 15) is 0 Å². The summed E-state index contributed by atoms with van der Waals surface area (Å²) in [6.45, 7) is 2.61. The van der Waals surface area contributed by atoms with Crippen LogP contribution in [0.3, 0.4) is 0 Å². The van der Waals surface area contributed by atoms with Crippen molar-refractivity contribution < 1.29 is 4.42 Å². The van der Waals surface area contributed by atoms with Gasteiger partial charge in [0.2, 0.25) is 0 Å². The average molecular weight is 461 g/mol. The van der Waals surface area contributed by atoms with Crippen molar-refractivity contribution in [3.8, 4) is 11.3 Å². The molecule has 160 valence electrons. The third-order valence-corrected chi connectivity index (χ3v) is 6.49. The fourth-order valence-electron chi connectivity index (χ4n) is 4.10. The summed E-state index contributed by atoms with van der Waals surface area (Å²) in [5, 5.41) is 4.83. The van der Waals surface area contributed by atoms with Gasteiger partial charge in [-0.25, -0.2) is 0 Å². The molecule has 1 aliphatic heterocycles. The van der Waals surface area contributed by atoms with Crippen LogP contribution in [0.25, 0.3) is 11.3 Å². The van der Waals surface area contributed by atoms with Crippen molar-refractivity contribution in [1.29, 1.82) is 0 Å². The number of thiocarbonyl (C=S) groups is 1. The summed E-state index contributed by atoms with van der Waals surface area (Å²) in [6.07, 6.45) is 5.42. The van der Waals surface area contributed by atoms with Gasteiger partial charge in [0.05, 0.1) is 11.7 Å². The fraction of sp³-hybridized carbons (Fsp3) is 0.160. The highest BCUT2D eigenvalue weighted by Gasteiger charge is 2.41. The van der Waals surface area contributed by atoms with Crippen LogP contribution in [0.4, 0.5) is 0 Å². The molecule has 1 fully saturated rings. The van der Waals surface area contributed by atoms with Crippen LogP contribution in [-0.2, 0) is 6.54 Å². The lowest BCUT2D eigenvalue weighted by Crippen LogP contribution is -2.29. The molecule has 3 aromatic heterocycles. The number of halogens is 1. The Labute approximate surface area is 197 Å². The van der Waals surface area contributed by atoms with E-state index in [4.69, 9.17) is 28.2 Å². The van der Waals surface area contributed by atoms with E-state index in [2.05, 4.69) is 20.2 Å². The number of hydrogen-bond donors (Lipinski definition) is 1. The molecule has 5 rings (SSSR count). The highest BCUT2D eigenvalue weighted by molar-refractivity contribution is 7.80. The van der Waals surface area contributed by atoms with Gasteiger partial charge in [0.25, 0.3) is 0 Å². The maximum absolute atomic E-state index is 6.41. The summed E-state index contributed by atoms with van der Waals surface area (Å²) in [5.41, 5.74) is 3.94. The molecule has 0 saturated carbocycles. The second-order valence-corrected chi connectivity index (χ2v) is 8.52. The molecule has 0 amide bonds. The van der Waals surface area contributed by atoms with Crippen LogP contribution < -0.4 is 5.32 Å². The van der Waals surface area contributed by atoms with Gasteiger partial charge in [-0.1, -0.05) is 35.9 Å². The Morgan fingerprint density at radius 2 is 1.97 bits per heavy atom. The minimum Gasteiger partial charge on any atom is -0.459 e. The van der Waals surface area contributed by atoms with E-state index >= 15 is 0 Å². The maximum atomic E-state index is 6.41. The van der Waals surface area contributed by atoms with Gasteiger partial charge < -0.3 is 14.6 Å². The van der Waals surface area contributed by atoms with Gasteiger partial charge >= 0.3 is 0 Å². The van der Waals surface area contributed by atoms with Gasteiger partial charge in [0.1, 0.15) is 17.6 Å². The Morgan fingerprint density at radius 3 is 2.75 bits per heavy atom. The highest BCUT2D eigenvalue weighted by atomic mass is 35.5. The number of rotatable bonds is 5. The topological polar surface area (TPSA) is 54.2 Å². The molecule has 5 nitrogen and oxygen atoms in total. The minimum absolute atomic E-state index is 0.139. The van der Waals surface area contributed by atoms with E-state index in [-0.39, 0.29) is 12.1 Å². The standard InChI is InChI=1S/C25H21ClN4OS/c1-16-18(7-4-8-19(16)26)21-10-11-22(31-21)24-23(20-9-2-3-13-28-20)29-25(32)30(24)15-17-6-5-12-27-14-17/h2-14,23-24H,15H2,1H3,(H,29,32)/t23-,24-/m1/s1. The van der Waals surface area contributed by atoms with Crippen molar-refractivity contribution in [2.75, 3.05) is 0 Å². The molecule has 1 aliphatic rings. The SMILES string of the molecule is Cc1c(Cl)cccc1-c1ccc([C@@H]2[C@@H](c3ccccn3)NC(=S)N2Cc2cccnc2)o1. The van der Waals surface area contributed by atoms with E-state index in [1.165, 1.54) is 0 Å². The second kappa shape index (κ2) is 8.73. The first-order chi connectivity index (χ1) is 15.6. The predicted molar refractivity (Wildman–Crippen MR) is 129 cm³/mol. The molecule has 1 aromatic carbocycles. The molecule has 2 atom stereocenters. The van der Waals surface area contributed by atoms with Crippen molar-refractivity contribution in [2.45, 2.75) is 25.6 Å². The third-order valence-electron chi connectivity index (χ3n) is 5.72. The summed E-state index contributed by atoms with van der Waals surface area (Å²) in [4.78, 5) is 11.0. The van der Waals surface area contributed by atoms with Crippen LogP contribution in [0.1, 0.15) is 34.7 Å². The molecule has 32 heavy (non-hydrogen) atoms. The van der Waals surface area contributed by atoms with E-state index < -0.39 is 0 Å². The van der Waals surface area contributed by atoms with Gasteiger partial charge in [-0.05, 0) is 66.7 Å². The van der Waals surface area contributed by atoms with Crippen LogP contribution in [0.2, 0.25) is 5.02 Å². The molecule has 0 unspecified atom stereocenters. The van der Waals surface area contributed by atoms with Crippen LogP contribution in [0.15, 0.2) is 83.7 Å². The van der Waals surface area contributed by atoms with Gasteiger partial charge in [-0.15, -0.1) is 0 Å². The Morgan fingerprint density at radius 1 is 1.06 bits per heavy atom. The summed E-state index contributed by atoms with van der Waals surface area (Å²) in [6, 6.07) is 19.4. The van der Waals surface area contributed by atoms with Crippen molar-refractivity contribution in [3.63, 3.8) is 0 Å². The van der Waals surface area contributed by atoms with Crippen molar-refractivity contribution in [2.24, 2.45) is 0 Å². The molecule has 1 saturated heterocycles. The number of nitrogens with zero attached hydrogens (tertiary/aromatic N) is 3. The van der Waals surface area contributed by atoms with E-state index in [0.29, 0.717) is 16.7 Å². The van der Waals surface area contributed by atoms with Crippen LogP contribution in [0, 0.1) is 6.92 Å². The van der Waals surface area contributed by atoms with Gasteiger partial charge in [0.15, 0.2) is 5.11 Å². The number of benzene rings is 1. The van der Waals surface area contributed by atoms with Gasteiger partial charge in [0, 0.05) is 35.7 Å². The fourth-order valence-corrected chi connectivity index (χ4v) is 4.58. The first-order valence-corrected chi connectivity index (χ1v) is 11.1. The average Bonchev–Trinajstić information content (AvgIpc) is 3.42. The molecular weight excluding hydrogens is 440 g/mol. The van der Waals surface area contributed by atoms with Crippen molar-refractivity contribution >= 4 is 28.9 Å². The quantitative estimate of drug-likeness (QED) is 0.376. The highest BCUT2D eigenvalue weighted by Crippen LogP contribution is 2.41. The number of hydrogen-bond acceptors (Lipinski definition) is 4. The van der Waals surface area contributed by atoms with Crippen LogP contribution in [0.5, 0.6) is 0 Å². The Balaban J connectivity index is 1.56. The molecular formula is C25H21ClN4OS. The zero-order valence-corrected chi connectivity index (χ0v) is 19.0. The summed E-state index contributed by atoms with van der Waals surface area (Å²) < 4.78 is 6.41. The van der Waals surface area contributed by atoms with E-state index in [1.807, 2.05) is 73.8 Å². The Hall–Kier alpha value is -3.22. The molecule has 0 radical (unpaired) electrons. The lowest BCUT2D eigenvalue weighted by molar-refractivity contribution is 0.269. The van der Waals surface area contributed by atoms with Crippen molar-refractivity contribution in [1.82, 2.24) is 20.2 Å². The summed E-state index contributed by atoms with van der Waals surface area (Å²) in [7, 11) is 0. The monoisotopic (exact) mass is 460 g/mol. The van der Waals surface area contributed by atoms with Crippen molar-refractivity contribution in [3.05, 3.63) is 107 Å². The molecule has 0 spiro atoms. The molecule has 4 aromatic rings. The molecule has 0 aliphatic carbocycles. The normalized spacial score (nSPS) is 18.1. The number of furan rings is 1. The maximum Gasteiger partial charge on any atom is 0.170 e. The summed E-state index contributed by atoms with van der Waals surface area (Å²) >= 11 is 12.1. The minimum atomic E-state index is -0.161. The molecule has 4 heterocycles. The predicted octanol–water partition coefficient (Wildman–Crippen LogP) is 5.87. The smallest absolute Gasteiger partial charge is 0.170 e. The largest absolute Gasteiger partial charge is 0.459 e. The van der Waals surface area contributed by atoms with E-state index in [1.54, 1.807) is 12.4 Å². The lowest BCUT2D eigenvalue weighted by Gasteiger charge is -2.26. The molecule has 1 N–H and O–H groups in total. The zero-order chi connectivity index (χ0) is 22.1. The van der Waals surface area contributed by atoms with E-state index in [0.717, 1.165) is 33.9 Å². The third kappa shape index (κ3) is 3.87. The molecule has 0 bridgehead atoms. The number of aromatic nitrogens is 2. The Kier molecular flexibility index (Phi) is 5.64. The second-order valence-electron chi connectivity index (χ2n) is 7.73. The summed E-state index contributed by atoms with van der Waals surface area (Å²) in [5.74, 6) is 1.59.